The van der Waals surface area contributed by atoms with Crippen LogP contribution < -0.4 is 9.62 Å². The zero-order chi connectivity index (χ0) is 31.9. The quantitative estimate of drug-likeness (QED) is 0.194. The van der Waals surface area contributed by atoms with E-state index >= 15 is 0 Å². The van der Waals surface area contributed by atoms with E-state index in [1.165, 1.54) is 17.0 Å². The number of benzene rings is 4. The van der Waals surface area contributed by atoms with Gasteiger partial charge >= 0.3 is 0 Å². The van der Waals surface area contributed by atoms with Gasteiger partial charge in [0.05, 0.1) is 10.6 Å². The number of rotatable bonds is 11. The molecule has 7 nitrogen and oxygen atoms in total. The number of nitrogens with one attached hydrogen (secondary N) is 1. The van der Waals surface area contributed by atoms with Crippen molar-refractivity contribution in [1.29, 1.82) is 0 Å². The number of carbonyl (C=O) groups is 2. The molecule has 0 fully saturated rings. The van der Waals surface area contributed by atoms with Crippen LogP contribution in [0.3, 0.4) is 0 Å². The molecule has 0 aliphatic rings. The smallest absolute Gasteiger partial charge is 0.264 e. The van der Waals surface area contributed by atoms with Gasteiger partial charge in [0.25, 0.3) is 10.0 Å². The van der Waals surface area contributed by atoms with Crippen LogP contribution >= 0.6 is 23.2 Å². The van der Waals surface area contributed by atoms with Crippen LogP contribution in [0.25, 0.3) is 0 Å². The molecule has 0 heterocycles. The lowest BCUT2D eigenvalue weighted by atomic mass is 10.0. The van der Waals surface area contributed by atoms with Crippen LogP contribution in [0.5, 0.6) is 0 Å². The molecule has 0 saturated carbocycles. The maximum atomic E-state index is 14.4. The van der Waals surface area contributed by atoms with Crippen molar-refractivity contribution in [3.63, 3.8) is 0 Å². The predicted octanol–water partition coefficient (Wildman–Crippen LogP) is 6.74. The molecule has 230 valence electrons. The van der Waals surface area contributed by atoms with Crippen LogP contribution in [-0.4, -0.2) is 43.3 Å². The van der Waals surface area contributed by atoms with Gasteiger partial charge in [-0.15, -0.1) is 0 Å². The highest BCUT2D eigenvalue weighted by molar-refractivity contribution is 7.92. The highest BCUT2D eigenvalue weighted by Gasteiger charge is 2.35. The second-order valence-electron chi connectivity index (χ2n) is 11.4. The molecule has 4 aromatic rings. The summed E-state index contributed by atoms with van der Waals surface area (Å²) >= 11 is 12.4. The van der Waals surface area contributed by atoms with Gasteiger partial charge in [0, 0.05) is 28.5 Å². The van der Waals surface area contributed by atoms with Crippen molar-refractivity contribution in [3.8, 4) is 0 Å². The molecule has 0 spiro atoms. The van der Waals surface area contributed by atoms with E-state index in [4.69, 9.17) is 23.2 Å². The third-order valence-corrected chi connectivity index (χ3v) is 9.01. The van der Waals surface area contributed by atoms with Crippen molar-refractivity contribution in [1.82, 2.24) is 10.2 Å². The third-order valence-electron chi connectivity index (χ3n) is 6.74. The summed E-state index contributed by atoms with van der Waals surface area (Å²) in [7, 11) is -4.19. The van der Waals surface area contributed by atoms with Gasteiger partial charge < -0.3 is 10.2 Å². The summed E-state index contributed by atoms with van der Waals surface area (Å²) in [4.78, 5) is 29.8. The Kier molecular flexibility index (Phi) is 10.7. The molecular weight excluding hydrogens is 617 g/mol. The van der Waals surface area contributed by atoms with E-state index < -0.39 is 34.1 Å². The summed E-state index contributed by atoms with van der Waals surface area (Å²) in [5.74, 6) is -0.926. The second-order valence-corrected chi connectivity index (χ2v) is 14.1. The minimum absolute atomic E-state index is 0.0221. The van der Waals surface area contributed by atoms with Gasteiger partial charge in [0.1, 0.15) is 12.6 Å². The Morgan fingerprint density at radius 2 is 1.36 bits per heavy atom. The average Bonchev–Trinajstić information content (AvgIpc) is 2.98. The van der Waals surface area contributed by atoms with Gasteiger partial charge in [-0.25, -0.2) is 8.42 Å². The highest BCUT2D eigenvalue weighted by atomic mass is 35.5. The van der Waals surface area contributed by atoms with E-state index in [1.807, 2.05) is 57.2 Å². The molecule has 2 amide bonds. The molecular formula is C34H35Cl2N3O4S. The Morgan fingerprint density at radius 3 is 1.95 bits per heavy atom. The van der Waals surface area contributed by atoms with Crippen LogP contribution in [-0.2, 0) is 32.6 Å². The van der Waals surface area contributed by atoms with Crippen LogP contribution in [0.15, 0.2) is 114 Å². The first-order chi connectivity index (χ1) is 20.8. The molecule has 0 aliphatic carbocycles. The van der Waals surface area contributed by atoms with Crippen LogP contribution in [0.1, 0.15) is 31.9 Å². The fourth-order valence-corrected chi connectivity index (χ4v) is 6.47. The van der Waals surface area contributed by atoms with Gasteiger partial charge in [0.15, 0.2) is 0 Å². The molecule has 0 radical (unpaired) electrons. The average molecular weight is 653 g/mol. The molecule has 0 aromatic heterocycles. The Bertz CT molecular complexity index is 1680. The number of halogens is 2. The van der Waals surface area contributed by atoms with Crippen LogP contribution in [0, 0.1) is 0 Å². The van der Waals surface area contributed by atoms with Gasteiger partial charge in [-0.05, 0) is 80.4 Å². The lowest BCUT2D eigenvalue weighted by molar-refractivity contribution is -0.140. The number of hydrogen-bond donors (Lipinski definition) is 1. The normalized spacial score (nSPS) is 12.3. The van der Waals surface area contributed by atoms with E-state index in [-0.39, 0.29) is 29.5 Å². The van der Waals surface area contributed by atoms with Gasteiger partial charge in [-0.2, -0.15) is 0 Å². The highest BCUT2D eigenvalue weighted by Crippen LogP contribution is 2.26. The number of sulfonamides is 1. The fourth-order valence-electron chi connectivity index (χ4n) is 4.69. The molecule has 4 rings (SSSR count). The van der Waals surface area contributed by atoms with Gasteiger partial charge in [-0.3, -0.25) is 13.9 Å². The molecule has 0 bridgehead atoms. The Labute approximate surface area is 269 Å². The lowest BCUT2D eigenvalue weighted by Crippen LogP contribution is -2.56. The largest absolute Gasteiger partial charge is 0.350 e. The molecule has 10 heteroatoms. The van der Waals surface area contributed by atoms with E-state index in [9.17, 15) is 18.0 Å². The number of carbonyl (C=O) groups excluding carboxylic acids is 2. The summed E-state index contributed by atoms with van der Waals surface area (Å²) in [6.07, 6.45) is 0.210. The molecule has 4 aromatic carbocycles. The first-order valence-electron chi connectivity index (χ1n) is 14.1. The summed E-state index contributed by atoms with van der Waals surface area (Å²) in [5, 5.41) is 3.91. The minimum atomic E-state index is -4.19. The summed E-state index contributed by atoms with van der Waals surface area (Å²) in [6, 6.07) is 29.6. The lowest BCUT2D eigenvalue weighted by Gasteiger charge is -2.35. The molecule has 1 atom stereocenters. The second kappa shape index (κ2) is 14.3. The Hall–Kier alpha value is -3.85. The van der Waals surface area contributed by atoms with Gasteiger partial charge in [-0.1, -0.05) is 83.9 Å². The van der Waals surface area contributed by atoms with Crippen molar-refractivity contribution >= 4 is 50.7 Å². The number of anilines is 1. The number of nitrogens with zero attached hydrogens (tertiary/aromatic N) is 2. The molecule has 0 unspecified atom stereocenters. The SMILES string of the molecule is CC(C)(C)NC(=O)[C@@H](Cc1ccccc1)N(Cc1cccc(Cl)c1)C(=O)CN(c1ccc(Cl)cc1)S(=O)(=O)c1ccccc1. The van der Waals surface area contributed by atoms with Crippen molar-refractivity contribution in [2.24, 2.45) is 0 Å². The topological polar surface area (TPSA) is 86.8 Å². The van der Waals surface area contributed by atoms with E-state index in [0.717, 1.165) is 9.87 Å². The summed E-state index contributed by atoms with van der Waals surface area (Å²) < 4.78 is 29.0. The minimum Gasteiger partial charge on any atom is -0.350 e. The fraction of sp³-hybridized carbons (Fsp3) is 0.235. The number of hydrogen-bond acceptors (Lipinski definition) is 4. The first-order valence-corrected chi connectivity index (χ1v) is 16.3. The predicted molar refractivity (Wildman–Crippen MR) is 176 cm³/mol. The van der Waals surface area contributed by atoms with Gasteiger partial charge in [0.2, 0.25) is 11.8 Å². The Balaban J connectivity index is 1.81. The first kappa shape index (κ1) is 33.1. The molecule has 44 heavy (non-hydrogen) atoms. The number of amides is 2. The molecule has 0 aliphatic heterocycles. The van der Waals surface area contributed by atoms with E-state index in [1.54, 1.807) is 60.7 Å². The standard InChI is InChI=1S/C34H35Cl2N3O4S/c1-34(2,3)37-33(41)31(22-25-11-6-4-7-12-25)38(23-26-13-10-14-28(36)21-26)32(40)24-39(29-19-17-27(35)18-20-29)44(42,43)30-15-8-5-9-16-30/h4-21,31H,22-24H2,1-3H3,(H,37,41)/t31-/m1/s1. The Morgan fingerprint density at radius 1 is 0.773 bits per heavy atom. The van der Waals surface area contributed by atoms with Crippen molar-refractivity contribution in [2.75, 3.05) is 10.8 Å². The van der Waals surface area contributed by atoms with Crippen molar-refractivity contribution in [2.45, 2.75) is 50.2 Å². The third kappa shape index (κ3) is 8.85. The van der Waals surface area contributed by atoms with Crippen molar-refractivity contribution in [3.05, 3.63) is 130 Å². The maximum absolute atomic E-state index is 14.4. The van der Waals surface area contributed by atoms with E-state index in [0.29, 0.717) is 15.6 Å². The molecule has 1 N–H and O–H groups in total. The van der Waals surface area contributed by atoms with E-state index in [2.05, 4.69) is 5.32 Å². The van der Waals surface area contributed by atoms with Crippen molar-refractivity contribution < 1.29 is 18.0 Å². The summed E-state index contributed by atoms with van der Waals surface area (Å²) in [6.45, 7) is 5.05. The molecule has 0 saturated heterocycles. The van der Waals surface area contributed by atoms with Crippen LogP contribution in [0.4, 0.5) is 5.69 Å². The van der Waals surface area contributed by atoms with Crippen LogP contribution in [0.2, 0.25) is 10.0 Å². The monoisotopic (exact) mass is 651 g/mol. The maximum Gasteiger partial charge on any atom is 0.264 e. The zero-order valence-electron chi connectivity index (χ0n) is 24.8. The zero-order valence-corrected chi connectivity index (χ0v) is 27.1. The summed E-state index contributed by atoms with van der Waals surface area (Å²) in [5.41, 5.74) is 1.21.